The van der Waals surface area contributed by atoms with Crippen molar-refractivity contribution in [2.75, 3.05) is 13.2 Å². The molecular formula is C14H19N3O3. The summed E-state index contributed by atoms with van der Waals surface area (Å²) in [6.45, 7) is 0.567. The molecule has 1 unspecified atom stereocenters. The second kappa shape index (κ2) is 6.79. The van der Waals surface area contributed by atoms with Crippen LogP contribution in [0.3, 0.4) is 0 Å². The first kappa shape index (κ1) is 14.2. The van der Waals surface area contributed by atoms with Gasteiger partial charge in [-0.3, -0.25) is 4.79 Å². The Morgan fingerprint density at radius 1 is 1.40 bits per heavy atom. The Bertz CT molecular complexity index is 476. The molecule has 2 rings (SSSR count). The Balaban J connectivity index is 1.96. The molecule has 0 aliphatic carbocycles. The van der Waals surface area contributed by atoms with Gasteiger partial charge >= 0.3 is 0 Å². The molecule has 0 aromatic heterocycles. The second-order valence-corrected chi connectivity index (χ2v) is 4.73. The predicted molar refractivity (Wildman–Crippen MR) is 74.7 cm³/mol. The Morgan fingerprint density at radius 3 is 2.85 bits per heavy atom. The van der Waals surface area contributed by atoms with E-state index >= 15 is 0 Å². The lowest BCUT2D eigenvalue weighted by Crippen LogP contribution is -2.51. The van der Waals surface area contributed by atoms with Gasteiger partial charge in [-0.1, -0.05) is 23.4 Å². The van der Waals surface area contributed by atoms with Gasteiger partial charge in [-0.15, -0.1) is 0 Å². The molecule has 1 aromatic rings. The average Bonchev–Trinajstić information content (AvgIpc) is 2.52. The molecule has 0 radical (unpaired) electrons. The minimum atomic E-state index is -0.333. The minimum absolute atomic E-state index is 0.0424. The lowest BCUT2D eigenvalue weighted by molar-refractivity contribution is -0.135. The third kappa shape index (κ3) is 3.40. The molecule has 0 spiro atoms. The molecule has 1 aromatic carbocycles. The van der Waals surface area contributed by atoms with Gasteiger partial charge in [0.1, 0.15) is 5.75 Å². The molecule has 1 fully saturated rings. The van der Waals surface area contributed by atoms with E-state index in [1.807, 2.05) is 18.2 Å². The van der Waals surface area contributed by atoms with Crippen molar-refractivity contribution in [2.24, 2.45) is 10.9 Å². The standard InChI is InChI=1S/C14H19N3O3/c15-14(16-19)12-8-4-5-9-17(12)13(18)10-20-11-6-2-1-3-7-11/h1-3,6-7,12,19H,4-5,8-10H2,(H2,15,16). The summed E-state index contributed by atoms with van der Waals surface area (Å²) in [5.41, 5.74) is 5.65. The van der Waals surface area contributed by atoms with E-state index in [2.05, 4.69) is 5.16 Å². The van der Waals surface area contributed by atoms with Crippen LogP contribution in [0.1, 0.15) is 19.3 Å². The zero-order valence-electron chi connectivity index (χ0n) is 11.2. The van der Waals surface area contributed by atoms with E-state index < -0.39 is 0 Å². The van der Waals surface area contributed by atoms with E-state index in [-0.39, 0.29) is 24.4 Å². The quantitative estimate of drug-likeness (QED) is 0.374. The first-order valence-electron chi connectivity index (χ1n) is 6.67. The second-order valence-electron chi connectivity index (χ2n) is 4.73. The van der Waals surface area contributed by atoms with Crippen molar-refractivity contribution in [1.82, 2.24) is 4.90 Å². The summed E-state index contributed by atoms with van der Waals surface area (Å²) in [6.07, 6.45) is 2.60. The maximum Gasteiger partial charge on any atom is 0.261 e. The number of amidine groups is 1. The van der Waals surface area contributed by atoms with Crippen LogP contribution in [0, 0.1) is 0 Å². The van der Waals surface area contributed by atoms with Crippen molar-refractivity contribution in [3.8, 4) is 5.75 Å². The molecule has 1 atom stereocenters. The highest BCUT2D eigenvalue weighted by molar-refractivity contribution is 5.90. The molecule has 3 N–H and O–H groups in total. The summed E-state index contributed by atoms with van der Waals surface area (Å²) in [5, 5.41) is 11.8. The van der Waals surface area contributed by atoms with Gasteiger partial charge in [0, 0.05) is 6.54 Å². The van der Waals surface area contributed by atoms with Crippen molar-refractivity contribution in [3.63, 3.8) is 0 Å². The van der Waals surface area contributed by atoms with Gasteiger partial charge in [-0.25, -0.2) is 0 Å². The van der Waals surface area contributed by atoms with Crippen molar-refractivity contribution >= 4 is 11.7 Å². The summed E-state index contributed by atoms with van der Waals surface area (Å²) in [7, 11) is 0. The van der Waals surface area contributed by atoms with E-state index in [9.17, 15) is 4.79 Å². The van der Waals surface area contributed by atoms with Crippen molar-refractivity contribution in [3.05, 3.63) is 30.3 Å². The number of para-hydroxylation sites is 1. The number of ether oxygens (including phenoxy) is 1. The number of hydrogen-bond donors (Lipinski definition) is 2. The van der Waals surface area contributed by atoms with Crippen LogP contribution in [-0.4, -0.2) is 41.0 Å². The number of rotatable bonds is 4. The minimum Gasteiger partial charge on any atom is -0.484 e. The van der Waals surface area contributed by atoms with Crippen LogP contribution in [0.15, 0.2) is 35.5 Å². The van der Waals surface area contributed by atoms with Gasteiger partial charge in [0.25, 0.3) is 5.91 Å². The third-order valence-corrected chi connectivity index (χ3v) is 3.39. The van der Waals surface area contributed by atoms with Gasteiger partial charge in [0.05, 0.1) is 6.04 Å². The number of likely N-dealkylation sites (tertiary alicyclic amines) is 1. The molecule has 6 nitrogen and oxygen atoms in total. The molecule has 1 amide bonds. The smallest absolute Gasteiger partial charge is 0.261 e. The molecule has 108 valence electrons. The summed E-state index contributed by atoms with van der Waals surface area (Å²) in [5.74, 6) is 0.584. The first-order valence-corrected chi connectivity index (χ1v) is 6.67. The number of amides is 1. The zero-order chi connectivity index (χ0) is 14.4. The topological polar surface area (TPSA) is 88.2 Å². The number of oxime groups is 1. The van der Waals surface area contributed by atoms with Gasteiger partial charge in [0.2, 0.25) is 0 Å². The maximum absolute atomic E-state index is 12.2. The van der Waals surface area contributed by atoms with Crippen molar-refractivity contribution < 1.29 is 14.7 Å². The fourth-order valence-corrected chi connectivity index (χ4v) is 2.35. The normalized spacial score (nSPS) is 19.7. The predicted octanol–water partition coefficient (Wildman–Crippen LogP) is 1.19. The molecular weight excluding hydrogens is 258 g/mol. The highest BCUT2D eigenvalue weighted by atomic mass is 16.5. The molecule has 20 heavy (non-hydrogen) atoms. The Hall–Kier alpha value is -2.24. The lowest BCUT2D eigenvalue weighted by Gasteiger charge is -2.34. The van der Waals surface area contributed by atoms with Crippen molar-refractivity contribution in [2.45, 2.75) is 25.3 Å². The number of carbonyl (C=O) groups is 1. The SMILES string of the molecule is NC(=NO)C1CCCCN1C(=O)COc1ccccc1. The Kier molecular flexibility index (Phi) is 4.81. The zero-order valence-corrected chi connectivity index (χ0v) is 11.2. The van der Waals surface area contributed by atoms with Gasteiger partial charge in [0.15, 0.2) is 12.4 Å². The van der Waals surface area contributed by atoms with Gasteiger partial charge in [-0.05, 0) is 31.4 Å². The third-order valence-electron chi connectivity index (χ3n) is 3.39. The number of piperidine rings is 1. The fraction of sp³-hybridized carbons (Fsp3) is 0.429. The summed E-state index contributed by atoms with van der Waals surface area (Å²) < 4.78 is 5.45. The first-order chi connectivity index (χ1) is 9.72. The van der Waals surface area contributed by atoms with Crippen LogP contribution in [-0.2, 0) is 4.79 Å². The molecule has 1 aliphatic heterocycles. The van der Waals surface area contributed by atoms with Crippen LogP contribution >= 0.6 is 0 Å². The van der Waals surface area contributed by atoms with Crippen LogP contribution in [0.2, 0.25) is 0 Å². The summed E-state index contributed by atoms with van der Waals surface area (Å²) in [6, 6.07) is 8.84. The van der Waals surface area contributed by atoms with Crippen LogP contribution in [0.4, 0.5) is 0 Å². The summed E-state index contributed by atoms with van der Waals surface area (Å²) >= 11 is 0. The number of hydrogen-bond acceptors (Lipinski definition) is 4. The van der Waals surface area contributed by atoms with Gasteiger partial charge in [-0.2, -0.15) is 0 Å². The number of nitrogens with two attached hydrogens (primary N) is 1. The van der Waals surface area contributed by atoms with Crippen LogP contribution < -0.4 is 10.5 Å². The number of benzene rings is 1. The van der Waals surface area contributed by atoms with Crippen molar-refractivity contribution in [1.29, 1.82) is 0 Å². The molecule has 0 bridgehead atoms. The lowest BCUT2D eigenvalue weighted by atomic mass is 10.0. The molecule has 1 heterocycles. The highest BCUT2D eigenvalue weighted by Gasteiger charge is 2.29. The number of carbonyl (C=O) groups excluding carboxylic acids is 1. The van der Waals surface area contributed by atoms with Crippen LogP contribution in [0.5, 0.6) is 5.75 Å². The molecule has 1 aliphatic rings. The highest BCUT2D eigenvalue weighted by Crippen LogP contribution is 2.18. The van der Waals surface area contributed by atoms with E-state index in [0.717, 1.165) is 12.8 Å². The Labute approximate surface area is 117 Å². The maximum atomic E-state index is 12.2. The monoisotopic (exact) mass is 277 g/mol. The summed E-state index contributed by atoms with van der Waals surface area (Å²) in [4.78, 5) is 13.8. The molecule has 0 saturated carbocycles. The fourth-order valence-electron chi connectivity index (χ4n) is 2.35. The Morgan fingerprint density at radius 2 is 2.15 bits per heavy atom. The molecule has 6 heteroatoms. The number of nitrogens with zero attached hydrogens (tertiary/aromatic N) is 2. The van der Waals surface area contributed by atoms with E-state index in [1.165, 1.54) is 0 Å². The largest absolute Gasteiger partial charge is 0.484 e. The van der Waals surface area contributed by atoms with E-state index in [1.54, 1.807) is 17.0 Å². The van der Waals surface area contributed by atoms with E-state index in [0.29, 0.717) is 18.7 Å². The molecule has 1 saturated heterocycles. The van der Waals surface area contributed by atoms with Crippen LogP contribution in [0.25, 0.3) is 0 Å². The van der Waals surface area contributed by atoms with Gasteiger partial charge < -0.3 is 20.6 Å². The average molecular weight is 277 g/mol. The van der Waals surface area contributed by atoms with E-state index in [4.69, 9.17) is 15.7 Å².